The highest BCUT2D eigenvalue weighted by Crippen LogP contribution is 2.38. The highest BCUT2D eigenvalue weighted by Gasteiger charge is 2.47. The molecular formula is C10H20F6NO4P. The molecule has 0 saturated carbocycles. The van der Waals surface area contributed by atoms with E-state index in [2.05, 4.69) is 5.32 Å². The standard InChI is InChI=1S/C10H17F6N.H3O4P/c1-4-8(17-7(2)3,5-9(11,12)13)6-10(14,15)16;1-5(2,3)4/h7,17H,4-6H2,1-3H3;(H3,1,2,3,4). The zero-order valence-corrected chi connectivity index (χ0v) is 13.1. The first-order valence-corrected chi connectivity index (χ1v) is 7.65. The fraction of sp³-hybridized carbons (Fsp3) is 1.00. The van der Waals surface area contributed by atoms with Gasteiger partial charge >= 0.3 is 20.2 Å². The molecule has 0 fully saturated rings. The molecular weight excluding hydrogens is 343 g/mol. The van der Waals surface area contributed by atoms with Gasteiger partial charge in [0.25, 0.3) is 0 Å². The number of nitrogens with one attached hydrogen (secondary N) is 1. The minimum Gasteiger partial charge on any atom is -0.308 e. The summed E-state index contributed by atoms with van der Waals surface area (Å²) in [5, 5.41) is 2.42. The fourth-order valence-corrected chi connectivity index (χ4v) is 1.90. The molecule has 136 valence electrons. The van der Waals surface area contributed by atoms with Crippen molar-refractivity contribution in [2.45, 2.75) is 64.0 Å². The summed E-state index contributed by atoms with van der Waals surface area (Å²) in [5.41, 5.74) is -1.97. The maximum absolute atomic E-state index is 12.4. The van der Waals surface area contributed by atoms with Crippen molar-refractivity contribution in [2.75, 3.05) is 0 Å². The summed E-state index contributed by atoms with van der Waals surface area (Å²) < 4.78 is 83.0. The van der Waals surface area contributed by atoms with Crippen molar-refractivity contribution in [3.8, 4) is 0 Å². The first-order chi connectivity index (χ1) is 9.39. The summed E-state index contributed by atoms with van der Waals surface area (Å²) in [5.74, 6) is 0. The normalized spacial score (nSPS) is 13.9. The lowest BCUT2D eigenvalue weighted by molar-refractivity contribution is -0.183. The molecule has 0 aliphatic rings. The van der Waals surface area contributed by atoms with Crippen LogP contribution in [0, 0.1) is 0 Å². The van der Waals surface area contributed by atoms with Crippen molar-refractivity contribution < 1.29 is 45.6 Å². The van der Waals surface area contributed by atoms with Gasteiger partial charge in [-0.05, 0) is 6.42 Å². The lowest BCUT2D eigenvalue weighted by atomic mass is 9.86. The van der Waals surface area contributed by atoms with E-state index in [-0.39, 0.29) is 6.42 Å². The molecule has 5 nitrogen and oxygen atoms in total. The average molecular weight is 363 g/mol. The number of alkyl halides is 6. The van der Waals surface area contributed by atoms with Gasteiger partial charge in [0.1, 0.15) is 0 Å². The van der Waals surface area contributed by atoms with Gasteiger partial charge in [0.15, 0.2) is 0 Å². The van der Waals surface area contributed by atoms with Crippen LogP contribution >= 0.6 is 7.82 Å². The van der Waals surface area contributed by atoms with Crippen molar-refractivity contribution in [1.82, 2.24) is 5.32 Å². The Morgan fingerprint density at radius 2 is 1.23 bits per heavy atom. The van der Waals surface area contributed by atoms with Crippen molar-refractivity contribution in [3.63, 3.8) is 0 Å². The van der Waals surface area contributed by atoms with Gasteiger partial charge in [-0.2, -0.15) is 26.3 Å². The third-order valence-electron chi connectivity index (χ3n) is 2.35. The second kappa shape index (κ2) is 8.49. The molecule has 0 amide bonds. The van der Waals surface area contributed by atoms with Crippen molar-refractivity contribution in [1.29, 1.82) is 0 Å². The number of halogens is 6. The monoisotopic (exact) mass is 363 g/mol. The van der Waals surface area contributed by atoms with Gasteiger partial charge in [-0.25, -0.2) is 4.57 Å². The van der Waals surface area contributed by atoms with Crippen LogP contribution in [0.2, 0.25) is 0 Å². The van der Waals surface area contributed by atoms with E-state index in [0.717, 1.165) is 0 Å². The summed E-state index contributed by atoms with van der Waals surface area (Å²) in [6, 6.07) is -0.445. The first kappa shape index (κ1) is 23.9. The molecule has 0 bridgehead atoms. The van der Waals surface area contributed by atoms with Crippen LogP contribution in [0.15, 0.2) is 0 Å². The Morgan fingerprint density at radius 1 is 0.955 bits per heavy atom. The average Bonchev–Trinajstić information content (AvgIpc) is 2.07. The smallest absolute Gasteiger partial charge is 0.308 e. The van der Waals surface area contributed by atoms with E-state index >= 15 is 0 Å². The minimum absolute atomic E-state index is 0.232. The van der Waals surface area contributed by atoms with Crippen LogP contribution in [0.5, 0.6) is 0 Å². The SMILES string of the molecule is CCC(CC(F)(F)F)(CC(F)(F)F)NC(C)C.O=P(O)(O)O. The van der Waals surface area contributed by atoms with Crippen LogP contribution in [-0.4, -0.2) is 38.6 Å². The van der Waals surface area contributed by atoms with E-state index in [1.165, 1.54) is 20.8 Å². The topological polar surface area (TPSA) is 89.8 Å². The van der Waals surface area contributed by atoms with Crippen LogP contribution in [0.4, 0.5) is 26.3 Å². The molecule has 4 N–H and O–H groups in total. The van der Waals surface area contributed by atoms with Crippen LogP contribution in [0.3, 0.4) is 0 Å². The predicted molar refractivity (Wildman–Crippen MR) is 66.9 cm³/mol. The molecule has 0 unspecified atom stereocenters. The number of rotatable bonds is 5. The number of hydrogen-bond donors (Lipinski definition) is 4. The molecule has 0 aromatic heterocycles. The van der Waals surface area contributed by atoms with Crippen LogP contribution in [0.25, 0.3) is 0 Å². The first-order valence-electron chi connectivity index (χ1n) is 6.08. The summed E-state index contributed by atoms with van der Waals surface area (Å²) in [6.07, 6.45) is -12.4. The Bertz CT molecular complexity index is 341. The lowest BCUT2D eigenvalue weighted by Gasteiger charge is -2.37. The van der Waals surface area contributed by atoms with E-state index in [1.54, 1.807) is 0 Å². The van der Waals surface area contributed by atoms with E-state index in [1.807, 2.05) is 0 Å². The maximum Gasteiger partial charge on any atom is 0.466 e. The maximum atomic E-state index is 12.4. The van der Waals surface area contributed by atoms with Gasteiger partial charge in [0.05, 0.1) is 12.8 Å². The van der Waals surface area contributed by atoms with E-state index in [9.17, 15) is 26.3 Å². The second-order valence-electron chi connectivity index (χ2n) is 5.03. The van der Waals surface area contributed by atoms with Crippen LogP contribution < -0.4 is 5.32 Å². The molecule has 0 rings (SSSR count). The Balaban J connectivity index is 0. The molecule has 0 heterocycles. The van der Waals surface area contributed by atoms with Gasteiger partial charge in [0.2, 0.25) is 0 Å². The predicted octanol–water partition coefficient (Wildman–Crippen LogP) is 3.11. The van der Waals surface area contributed by atoms with E-state index < -0.39 is 44.6 Å². The molecule has 0 spiro atoms. The number of phosphoric acid groups is 1. The Kier molecular flexibility index (Phi) is 9.22. The number of hydrogen-bond acceptors (Lipinski definition) is 2. The van der Waals surface area contributed by atoms with Crippen molar-refractivity contribution >= 4 is 7.82 Å². The Labute approximate surface area is 124 Å². The fourth-order valence-electron chi connectivity index (χ4n) is 1.90. The third-order valence-corrected chi connectivity index (χ3v) is 2.35. The second-order valence-corrected chi connectivity index (χ2v) is 6.06. The van der Waals surface area contributed by atoms with Crippen LogP contribution in [-0.2, 0) is 4.57 Å². The van der Waals surface area contributed by atoms with Gasteiger partial charge < -0.3 is 20.0 Å². The molecule has 0 aliphatic carbocycles. The molecule has 0 radical (unpaired) electrons. The van der Waals surface area contributed by atoms with Gasteiger partial charge in [0, 0.05) is 11.6 Å². The van der Waals surface area contributed by atoms with E-state index in [0.29, 0.717) is 0 Å². The largest absolute Gasteiger partial charge is 0.466 e. The van der Waals surface area contributed by atoms with Crippen LogP contribution in [0.1, 0.15) is 40.0 Å². The summed E-state index contributed by atoms with van der Waals surface area (Å²) >= 11 is 0. The summed E-state index contributed by atoms with van der Waals surface area (Å²) in [6.45, 7) is 4.38. The molecule has 0 aliphatic heterocycles. The summed E-state index contributed by atoms with van der Waals surface area (Å²) in [4.78, 5) is 21.6. The molecule has 0 saturated heterocycles. The molecule has 0 atom stereocenters. The van der Waals surface area contributed by atoms with Gasteiger partial charge in [-0.3, -0.25) is 0 Å². The van der Waals surface area contributed by atoms with Gasteiger partial charge in [-0.15, -0.1) is 0 Å². The van der Waals surface area contributed by atoms with Crippen molar-refractivity contribution in [3.05, 3.63) is 0 Å². The molecule has 22 heavy (non-hydrogen) atoms. The Hall–Kier alpha value is -0.350. The zero-order chi connectivity index (χ0) is 18.4. The molecule has 12 heteroatoms. The molecule has 0 aromatic rings. The quantitative estimate of drug-likeness (QED) is 0.445. The molecule has 0 aromatic carbocycles. The third kappa shape index (κ3) is 17.7. The Morgan fingerprint density at radius 3 is 1.36 bits per heavy atom. The highest BCUT2D eigenvalue weighted by molar-refractivity contribution is 7.45. The lowest BCUT2D eigenvalue weighted by Crippen LogP contribution is -2.53. The van der Waals surface area contributed by atoms with E-state index in [4.69, 9.17) is 19.2 Å². The zero-order valence-electron chi connectivity index (χ0n) is 12.2. The highest BCUT2D eigenvalue weighted by atomic mass is 31.2. The minimum atomic E-state index is -4.64. The van der Waals surface area contributed by atoms with Gasteiger partial charge in [-0.1, -0.05) is 20.8 Å². The van der Waals surface area contributed by atoms with Crippen molar-refractivity contribution in [2.24, 2.45) is 0 Å². The summed E-state index contributed by atoms with van der Waals surface area (Å²) in [7, 11) is -4.64.